The fraction of sp³-hybridized carbons (Fsp3) is 0.300. The molecule has 1 aliphatic rings. The normalized spacial score (nSPS) is 15.3. The van der Waals surface area contributed by atoms with Crippen LogP contribution in [0.4, 0.5) is 10.5 Å². The number of carbonyl (C=O) groups is 1. The lowest BCUT2D eigenvalue weighted by molar-refractivity contribution is 0.142. The standard InChI is InChI=1S/C20H23N5O/c1-16-5-4-6-17(13-16)22-20(26)24-11-9-23(10-12-24)15-18-14-21-19-7-2-3-8-25(18)19/h2-8,13-14H,9-12,15H2,1H3,(H,22,26). The highest BCUT2D eigenvalue weighted by atomic mass is 16.2. The molecule has 0 saturated carbocycles. The third kappa shape index (κ3) is 3.55. The van der Waals surface area contributed by atoms with Crippen molar-refractivity contribution in [3.05, 3.63) is 66.1 Å². The number of fused-ring (bicyclic) bond motifs is 1. The van der Waals surface area contributed by atoms with Crippen LogP contribution in [0.25, 0.3) is 5.65 Å². The number of hydrogen-bond donors (Lipinski definition) is 1. The molecule has 1 fully saturated rings. The number of amides is 2. The van der Waals surface area contributed by atoms with Crippen LogP contribution in [0, 0.1) is 6.92 Å². The number of nitrogens with zero attached hydrogens (tertiary/aromatic N) is 4. The number of rotatable bonds is 3. The SMILES string of the molecule is Cc1cccc(NC(=O)N2CCN(Cc3cnc4ccccn34)CC2)c1. The van der Waals surface area contributed by atoms with Gasteiger partial charge in [-0.15, -0.1) is 0 Å². The van der Waals surface area contributed by atoms with E-state index in [0.29, 0.717) is 0 Å². The first-order valence-electron chi connectivity index (χ1n) is 8.95. The van der Waals surface area contributed by atoms with E-state index >= 15 is 0 Å². The Morgan fingerprint density at radius 1 is 1.12 bits per heavy atom. The van der Waals surface area contributed by atoms with E-state index in [1.165, 1.54) is 5.69 Å². The summed E-state index contributed by atoms with van der Waals surface area (Å²) in [7, 11) is 0. The highest BCUT2D eigenvalue weighted by Crippen LogP contribution is 2.14. The van der Waals surface area contributed by atoms with Gasteiger partial charge in [0, 0.05) is 44.6 Å². The number of pyridine rings is 1. The summed E-state index contributed by atoms with van der Waals surface area (Å²) in [4.78, 5) is 21.2. The Kier molecular flexibility index (Phi) is 4.58. The van der Waals surface area contributed by atoms with Gasteiger partial charge >= 0.3 is 6.03 Å². The van der Waals surface area contributed by atoms with Crippen LogP contribution in [0.2, 0.25) is 0 Å². The number of benzene rings is 1. The molecule has 0 radical (unpaired) electrons. The van der Waals surface area contributed by atoms with Gasteiger partial charge in [-0.05, 0) is 36.8 Å². The Morgan fingerprint density at radius 3 is 2.77 bits per heavy atom. The number of carbonyl (C=O) groups excluding carboxylic acids is 1. The summed E-state index contributed by atoms with van der Waals surface area (Å²) in [5, 5.41) is 2.99. The van der Waals surface area contributed by atoms with Gasteiger partial charge in [-0.2, -0.15) is 0 Å². The first kappa shape index (κ1) is 16.6. The van der Waals surface area contributed by atoms with Gasteiger partial charge < -0.3 is 14.6 Å². The van der Waals surface area contributed by atoms with E-state index in [-0.39, 0.29) is 6.03 Å². The third-order valence-corrected chi connectivity index (χ3v) is 4.81. The molecule has 0 unspecified atom stereocenters. The smallest absolute Gasteiger partial charge is 0.321 e. The van der Waals surface area contributed by atoms with Crippen LogP contribution in [0.3, 0.4) is 0 Å². The average Bonchev–Trinajstić information content (AvgIpc) is 3.05. The molecular formula is C20H23N5O. The molecular weight excluding hydrogens is 326 g/mol. The Morgan fingerprint density at radius 2 is 1.96 bits per heavy atom. The van der Waals surface area contributed by atoms with E-state index in [0.717, 1.165) is 49.6 Å². The Hall–Kier alpha value is -2.86. The zero-order valence-electron chi connectivity index (χ0n) is 14.9. The predicted octanol–water partition coefficient (Wildman–Crippen LogP) is 2.99. The minimum absolute atomic E-state index is 0.0231. The van der Waals surface area contributed by atoms with Crippen molar-refractivity contribution in [2.75, 3.05) is 31.5 Å². The number of piperazine rings is 1. The molecule has 0 bridgehead atoms. The maximum absolute atomic E-state index is 12.5. The van der Waals surface area contributed by atoms with Crippen LogP contribution in [0.15, 0.2) is 54.9 Å². The second kappa shape index (κ2) is 7.17. The van der Waals surface area contributed by atoms with Gasteiger partial charge in [-0.1, -0.05) is 18.2 Å². The van der Waals surface area contributed by atoms with Crippen molar-refractivity contribution >= 4 is 17.4 Å². The van der Waals surface area contributed by atoms with Crippen molar-refractivity contribution in [1.29, 1.82) is 0 Å². The molecule has 4 rings (SSSR count). The third-order valence-electron chi connectivity index (χ3n) is 4.81. The molecule has 1 saturated heterocycles. The summed E-state index contributed by atoms with van der Waals surface area (Å²) in [6, 6.07) is 13.9. The van der Waals surface area contributed by atoms with E-state index in [1.807, 2.05) is 66.7 Å². The Labute approximate surface area is 153 Å². The van der Waals surface area contributed by atoms with Gasteiger partial charge in [-0.3, -0.25) is 4.90 Å². The average molecular weight is 349 g/mol. The molecule has 2 aromatic heterocycles. The maximum atomic E-state index is 12.5. The van der Waals surface area contributed by atoms with Gasteiger partial charge in [0.1, 0.15) is 5.65 Å². The second-order valence-corrected chi connectivity index (χ2v) is 6.74. The summed E-state index contributed by atoms with van der Waals surface area (Å²) in [6.45, 7) is 6.05. The molecule has 26 heavy (non-hydrogen) atoms. The molecule has 0 aliphatic carbocycles. The van der Waals surface area contributed by atoms with Gasteiger partial charge in [0.2, 0.25) is 0 Å². The zero-order chi connectivity index (χ0) is 17.9. The molecule has 1 N–H and O–H groups in total. The van der Waals surface area contributed by atoms with Crippen LogP contribution < -0.4 is 5.32 Å². The van der Waals surface area contributed by atoms with E-state index in [1.54, 1.807) is 0 Å². The van der Waals surface area contributed by atoms with Gasteiger partial charge in [0.25, 0.3) is 0 Å². The molecule has 134 valence electrons. The lowest BCUT2D eigenvalue weighted by Crippen LogP contribution is -2.49. The summed E-state index contributed by atoms with van der Waals surface area (Å²) < 4.78 is 2.12. The van der Waals surface area contributed by atoms with Crippen LogP contribution >= 0.6 is 0 Å². The van der Waals surface area contributed by atoms with E-state index in [4.69, 9.17) is 0 Å². The summed E-state index contributed by atoms with van der Waals surface area (Å²) in [6.07, 6.45) is 3.98. The number of urea groups is 1. The van der Waals surface area contributed by atoms with Crippen molar-refractivity contribution < 1.29 is 4.79 Å². The van der Waals surface area contributed by atoms with Crippen molar-refractivity contribution in [2.24, 2.45) is 0 Å². The summed E-state index contributed by atoms with van der Waals surface area (Å²) in [5.74, 6) is 0. The molecule has 2 amide bonds. The fourth-order valence-electron chi connectivity index (χ4n) is 3.37. The van der Waals surface area contributed by atoms with Crippen LogP contribution in [-0.4, -0.2) is 51.4 Å². The minimum Gasteiger partial charge on any atom is -0.322 e. The Bertz CT molecular complexity index is 911. The highest BCUT2D eigenvalue weighted by molar-refractivity contribution is 5.89. The van der Waals surface area contributed by atoms with Crippen molar-refractivity contribution in [1.82, 2.24) is 19.2 Å². The van der Waals surface area contributed by atoms with E-state index < -0.39 is 0 Å². The highest BCUT2D eigenvalue weighted by Gasteiger charge is 2.21. The van der Waals surface area contributed by atoms with Crippen molar-refractivity contribution in [2.45, 2.75) is 13.5 Å². The van der Waals surface area contributed by atoms with Crippen LogP contribution in [0.1, 0.15) is 11.3 Å². The van der Waals surface area contributed by atoms with Crippen LogP contribution in [-0.2, 0) is 6.54 Å². The van der Waals surface area contributed by atoms with E-state index in [2.05, 4.69) is 19.6 Å². The molecule has 1 aromatic carbocycles. The molecule has 3 heterocycles. The Balaban J connectivity index is 1.33. The molecule has 0 atom stereocenters. The molecule has 6 nitrogen and oxygen atoms in total. The largest absolute Gasteiger partial charge is 0.322 e. The minimum atomic E-state index is -0.0231. The lowest BCUT2D eigenvalue weighted by atomic mass is 10.2. The number of imidazole rings is 1. The number of aromatic nitrogens is 2. The first-order valence-corrected chi connectivity index (χ1v) is 8.95. The van der Waals surface area contributed by atoms with Gasteiger partial charge in [0.05, 0.1) is 11.9 Å². The molecule has 6 heteroatoms. The van der Waals surface area contributed by atoms with Gasteiger partial charge in [0.15, 0.2) is 0 Å². The number of aryl methyl sites for hydroxylation is 1. The summed E-state index contributed by atoms with van der Waals surface area (Å²) in [5.41, 5.74) is 4.14. The zero-order valence-corrected chi connectivity index (χ0v) is 14.9. The molecule has 1 aliphatic heterocycles. The van der Waals surface area contributed by atoms with Crippen LogP contribution in [0.5, 0.6) is 0 Å². The topological polar surface area (TPSA) is 52.9 Å². The van der Waals surface area contributed by atoms with Crippen molar-refractivity contribution in [3.63, 3.8) is 0 Å². The molecule has 3 aromatic rings. The number of anilines is 1. The quantitative estimate of drug-likeness (QED) is 0.791. The maximum Gasteiger partial charge on any atom is 0.321 e. The van der Waals surface area contributed by atoms with Gasteiger partial charge in [-0.25, -0.2) is 9.78 Å². The fourth-order valence-corrected chi connectivity index (χ4v) is 3.37. The first-order chi connectivity index (χ1) is 12.7. The predicted molar refractivity (Wildman–Crippen MR) is 102 cm³/mol. The second-order valence-electron chi connectivity index (χ2n) is 6.74. The lowest BCUT2D eigenvalue weighted by Gasteiger charge is -2.34. The molecule has 0 spiro atoms. The number of hydrogen-bond acceptors (Lipinski definition) is 3. The monoisotopic (exact) mass is 349 g/mol. The van der Waals surface area contributed by atoms with E-state index in [9.17, 15) is 4.79 Å². The number of nitrogens with one attached hydrogen (secondary N) is 1. The van der Waals surface area contributed by atoms with Crippen molar-refractivity contribution in [3.8, 4) is 0 Å². The summed E-state index contributed by atoms with van der Waals surface area (Å²) >= 11 is 0.